The number of para-hydroxylation sites is 2. The number of carbonyl (C=O) groups excluding carboxylic acids is 1. The molecule has 1 aromatic carbocycles. The van der Waals surface area contributed by atoms with E-state index in [1.807, 2.05) is 41.1 Å². The summed E-state index contributed by atoms with van der Waals surface area (Å²) >= 11 is 1.41. The third kappa shape index (κ3) is 3.17. The lowest BCUT2D eigenvalue weighted by atomic mass is 10.0. The van der Waals surface area contributed by atoms with Crippen LogP contribution < -0.4 is 11.0 Å². The summed E-state index contributed by atoms with van der Waals surface area (Å²) in [6, 6.07) is 7.71. The van der Waals surface area contributed by atoms with Crippen LogP contribution in [0.15, 0.2) is 40.6 Å². The normalized spacial score (nSPS) is 17.4. The molecule has 0 bridgehead atoms. The van der Waals surface area contributed by atoms with Crippen molar-refractivity contribution in [2.24, 2.45) is 0 Å². The molecule has 1 fully saturated rings. The molecule has 0 spiro atoms. The van der Waals surface area contributed by atoms with Gasteiger partial charge in [-0.3, -0.25) is 14.3 Å². The Morgan fingerprint density at radius 2 is 2.12 bits per heavy atom. The molecule has 7 nitrogen and oxygen atoms in total. The quantitative estimate of drug-likeness (QED) is 0.738. The average Bonchev–Trinajstić information content (AvgIpc) is 3.27. The van der Waals surface area contributed by atoms with Gasteiger partial charge in [-0.05, 0) is 31.9 Å². The van der Waals surface area contributed by atoms with E-state index >= 15 is 0 Å². The van der Waals surface area contributed by atoms with Gasteiger partial charge in [-0.25, -0.2) is 9.78 Å². The van der Waals surface area contributed by atoms with Crippen molar-refractivity contribution in [3.63, 3.8) is 0 Å². The number of thiazole rings is 1. The number of nitrogens with one attached hydrogen (secondary N) is 2. The number of hydrogen-bond donors (Lipinski definition) is 2. The predicted octanol–water partition coefficient (Wildman–Crippen LogP) is 2.45. The lowest BCUT2D eigenvalue weighted by Crippen LogP contribution is -2.46. The molecule has 26 heavy (non-hydrogen) atoms. The van der Waals surface area contributed by atoms with Gasteiger partial charge in [-0.1, -0.05) is 12.1 Å². The van der Waals surface area contributed by atoms with Crippen molar-refractivity contribution < 1.29 is 4.79 Å². The van der Waals surface area contributed by atoms with Crippen LogP contribution in [0.2, 0.25) is 0 Å². The van der Waals surface area contributed by atoms with Crippen LogP contribution in [-0.4, -0.2) is 44.5 Å². The minimum absolute atomic E-state index is 0.0392. The maximum atomic E-state index is 12.4. The number of anilines is 1. The molecule has 1 aliphatic heterocycles. The second-order valence-corrected chi connectivity index (χ2v) is 7.48. The zero-order valence-corrected chi connectivity index (χ0v) is 15.3. The van der Waals surface area contributed by atoms with E-state index in [0.29, 0.717) is 5.13 Å². The Morgan fingerprint density at radius 3 is 2.85 bits per heavy atom. The van der Waals surface area contributed by atoms with Crippen LogP contribution in [0.25, 0.3) is 11.0 Å². The Labute approximate surface area is 154 Å². The molecule has 0 aliphatic carbocycles. The highest BCUT2D eigenvalue weighted by Gasteiger charge is 2.29. The highest BCUT2D eigenvalue weighted by molar-refractivity contribution is 7.13. The summed E-state index contributed by atoms with van der Waals surface area (Å²) in [6.45, 7) is 3.48. The molecule has 1 amide bonds. The van der Waals surface area contributed by atoms with E-state index < -0.39 is 0 Å². The van der Waals surface area contributed by atoms with Gasteiger partial charge in [-0.15, -0.1) is 11.3 Å². The Bertz CT molecular complexity index is 954. The number of hydrogen-bond acceptors (Lipinski definition) is 5. The molecule has 2 aromatic heterocycles. The molecule has 4 rings (SSSR count). The Balaban J connectivity index is 1.43. The fraction of sp³-hybridized carbons (Fsp3) is 0.389. The van der Waals surface area contributed by atoms with E-state index in [2.05, 4.69) is 20.2 Å². The molecule has 0 saturated carbocycles. The summed E-state index contributed by atoms with van der Waals surface area (Å²) in [5.41, 5.74) is 1.76. The van der Waals surface area contributed by atoms with Crippen LogP contribution in [0.3, 0.4) is 0 Å². The van der Waals surface area contributed by atoms with Gasteiger partial charge >= 0.3 is 5.69 Å². The average molecular weight is 371 g/mol. The van der Waals surface area contributed by atoms with E-state index in [1.165, 1.54) is 11.3 Å². The van der Waals surface area contributed by atoms with Gasteiger partial charge in [0.15, 0.2) is 5.13 Å². The van der Waals surface area contributed by atoms with Crippen LogP contribution in [-0.2, 0) is 4.79 Å². The van der Waals surface area contributed by atoms with E-state index in [0.717, 1.165) is 37.0 Å². The van der Waals surface area contributed by atoms with Crippen LogP contribution in [0.4, 0.5) is 5.13 Å². The van der Waals surface area contributed by atoms with Crippen molar-refractivity contribution in [1.82, 2.24) is 19.4 Å². The third-order valence-corrected chi connectivity index (χ3v) is 5.77. The van der Waals surface area contributed by atoms with Gasteiger partial charge in [-0.2, -0.15) is 0 Å². The first-order chi connectivity index (χ1) is 12.6. The number of nitrogens with zero attached hydrogens (tertiary/aromatic N) is 3. The van der Waals surface area contributed by atoms with Crippen molar-refractivity contribution in [3.05, 3.63) is 46.3 Å². The molecule has 1 aliphatic rings. The van der Waals surface area contributed by atoms with Gasteiger partial charge in [0.2, 0.25) is 5.91 Å². The topological polar surface area (TPSA) is 83.0 Å². The van der Waals surface area contributed by atoms with Crippen LogP contribution in [0, 0.1) is 0 Å². The monoisotopic (exact) mass is 371 g/mol. The molecule has 0 radical (unpaired) electrons. The molecule has 8 heteroatoms. The summed E-state index contributed by atoms with van der Waals surface area (Å²) in [6.07, 6.45) is 3.36. The van der Waals surface area contributed by atoms with Gasteiger partial charge < -0.3 is 10.3 Å². The van der Waals surface area contributed by atoms with Gasteiger partial charge in [0.1, 0.15) is 0 Å². The third-order valence-electron chi connectivity index (χ3n) is 5.08. The number of likely N-dealkylation sites (tertiary alicyclic amines) is 1. The Kier molecular flexibility index (Phi) is 4.60. The molecule has 136 valence electrons. The fourth-order valence-electron chi connectivity index (χ4n) is 3.63. The number of fused-ring (bicyclic) bond motifs is 1. The Morgan fingerprint density at radius 1 is 1.35 bits per heavy atom. The van der Waals surface area contributed by atoms with E-state index in [1.54, 1.807) is 6.20 Å². The van der Waals surface area contributed by atoms with Crippen LogP contribution in [0.5, 0.6) is 0 Å². The maximum absolute atomic E-state index is 12.4. The lowest BCUT2D eigenvalue weighted by Gasteiger charge is -2.35. The highest BCUT2D eigenvalue weighted by Crippen LogP contribution is 2.26. The maximum Gasteiger partial charge on any atom is 0.326 e. The SMILES string of the molecule is CC(C(=O)Nc1nccs1)N1CCC(n2c(=O)[nH]c3ccccc32)CC1. The molecule has 3 heterocycles. The van der Waals surface area contributed by atoms with Crippen molar-refractivity contribution >= 4 is 33.4 Å². The van der Waals surface area contributed by atoms with E-state index in [-0.39, 0.29) is 23.7 Å². The first-order valence-corrected chi connectivity index (χ1v) is 9.65. The number of amides is 1. The van der Waals surface area contributed by atoms with Crippen molar-refractivity contribution in [2.75, 3.05) is 18.4 Å². The van der Waals surface area contributed by atoms with Gasteiger partial charge in [0, 0.05) is 30.7 Å². The van der Waals surface area contributed by atoms with Crippen molar-refractivity contribution in [3.8, 4) is 0 Å². The lowest BCUT2D eigenvalue weighted by molar-refractivity contribution is -0.121. The molecular formula is C18H21N5O2S. The summed E-state index contributed by atoms with van der Waals surface area (Å²) < 4.78 is 1.87. The number of H-pyrrole nitrogens is 1. The highest BCUT2D eigenvalue weighted by atomic mass is 32.1. The number of rotatable bonds is 4. The second-order valence-electron chi connectivity index (χ2n) is 6.59. The van der Waals surface area contributed by atoms with Crippen LogP contribution in [0.1, 0.15) is 25.8 Å². The number of benzene rings is 1. The van der Waals surface area contributed by atoms with Crippen molar-refractivity contribution in [2.45, 2.75) is 31.8 Å². The number of piperidine rings is 1. The zero-order chi connectivity index (χ0) is 18.1. The number of carbonyl (C=O) groups is 1. The van der Waals surface area contributed by atoms with Gasteiger partial charge in [0.25, 0.3) is 0 Å². The molecule has 1 atom stereocenters. The largest absolute Gasteiger partial charge is 0.326 e. The molecular weight excluding hydrogens is 350 g/mol. The van der Waals surface area contributed by atoms with E-state index in [4.69, 9.17) is 0 Å². The molecule has 2 N–H and O–H groups in total. The fourth-order valence-corrected chi connectivity index (χ4v) is 4.16. The Hall–Kier alpha value is -2.45. The van der Waals surface area contributed by atoms with Crippen LogP contribution >= 0.6 is 11.3 Å². The first-order valence-electron chi connectivity index (χ1n) is 8.77. The summed E-state index contributed by atoms with van der Waals surface area (Å²) in [4.78, 5) is 34.0. The minimum atomic E-state index is -0.223. The summed E-state index contributed by atoms with van der Waals surface area (Å²) in [5.74, 6) is -0.0392. The molecule has 1 unspecified atom stereocenters. The standard InChI is InChI=1S/C18H21N5O2S/c1-12(16(24)21-17-19-8-11-26-17)22-9-6-13(7-10-22)23-15-5-3-2-4-14(15)20-18(23)25/h2-5,8,11-13H,6-7,9-10H2,1H3,(H,20,25)(H,19,21,24). The van der Waals surface area contributed by atoms with E-state index in [9.17, 15) is 9.59 Å². The van der Waals surface area contributed by atoms with Gasteiger partial charge in [0.05, 0.1) is 17.1 Å². The summed E-state index contributed by atoms with van der Waals surface area (Å²) in [7, 11) is 0. The molecule has 3 aromatic rings. The first kappa shape index (κ1) is 17.0. The van der Waals surface area contributed by atoms with Crippen molar-refractivity contribution in [1.29, 1.82) is 0 Å². The second kappa shape index (κ2) is 7.05. The number of aromatic nitrogens is 3. The minimum Gasteiger partial charge on any atom is -0.306 e. The number of aromatic amines is 1. The number of imidazole rings is 1. The zero-order valence-electron chi connectivity index (χ0n) is 14.5. The predicted molar refractivity (Wildman–Crippen MR) is 103 cm³/mol. The smallest absolute Gasteiger partial charge is 0.306 e. The summed E-state index contributed by atoms with van der Waals surface area (Å²) in [5, 5.41) is 5.32. The molecule has 1 saturated heterocycles.